The number of carbonyl (C=O) groups is 2. The van der Waals surface area contributed by atoms with Gasteiger partial charge in [0, 0.05) is 38.6 Å². The lowest BCUT2D eigenvalue weighted by molar-refractivity contribution is -0.122. The molecule has 0 aliphatic carbocycles. The van der Waals surface area contributed by atoms with E-state index in [-0.39, 0.29) is 59.6 Å². The normalized spacial score (nSPS) is 20.9. The fourth-order valence-electron chi connectivity index (χ4n) is 5.03. The van der Waals surface area contributed by atoms with E-state index in [4.69, 9.17) is 14.2 Å². The average molecular weight is 590 g/mol. The van der Waals surface area contributed by atoms with Gasteiger partial charge in [-0.15, -0.1) is 0 Å². The molecule has 0 bridgehead atoms. The Balaban J connectivity index is 1.68. The first-order chi connectivity index (χ1) is 19.6. The monoisotopic (exact) mass is 589 g/mol. The molecular weight excluding hydrogens is 550 g/mol. The summed E-state index contributed by atoms with van der Waals surface area (Å²) < 4.78 is 45.1. The van der Waals surface area contributed by atoms with Crippen LogP contribution in [0, 0.1) is 11.8 Å². The standard InChI is InChI=1S/C29H39N3O8S/c1-19-16-32(20(2)18-33)29(35)24-6-5-7-25(30-28(34)21-12-14-39-15-13-21)27(24)40-26(19)17-31(3)41(36,37)23-10-8-22(38-4)9-11-23/h5-11,19-21,26,33H,12-18H2,1-4H3,(H,30,34)/t19-,20+,26-/m1/s1. The van der Waals surface area contributed by atoms with Crippen molar-refractivity contribution in [1.29, 1.82) is 0 Å². The summed E-state index contributed by atoms with van der Waals surface area (Å²) in [6.07, 6.45) is 0.501. The number of benzene rings is 2. The van der Waals surface area contributed by atoms with Crippen LogP contribution in [0.15, 0.2) is 47.4 Å². The molecular formula is C29H39N3O8S. The summed E-state index contributed by atoms with van der Waals surface area (Å²) in [6, 6.07) is 10.6. The van der Waals surface area contributed by atoms with Crippen molar-refractivity contribution in [1.82, 2.24) is 9.21 Å². The highest BCUT2D eigenvalue weighted by atomic mass is 32.2. The maximum absolute atomic E-state index is 13.7. The molecule has 0 spiro atoms. The Kier molecular flexibility index (Phi) is 9.90. The topological polar surface area (TPSA) is 135 Å². The van der Waals surface area contributed by atoms with Crippen molar-refractivity contribution in [2.45, 2.75) is 43.7 Å². The van der Waals surface area contributed by atoms with E-state index in [1.165, 1.54) is 30.6 Å². The van der Waals surface area contributed by atoms with Crippen LogP contribution >= 0.6 is 0 Å². The number of aliphatic hydroxyl groups excluding tert-OH is 1. The van der Waals surface area contributed by atoms with Crippen molar-refractivity contribution in [3.05, 3.63) is 48.0 Å². The zero-order chi connectivity index (χ0) is 29.7. The van der Waals surface area contributed by atoms with Gasteiger partial charge in [0.2, 0.25) is 15.9 Å². The summed E-state index contributed by atoms with van der Waals surface area (Å²) >= 11 is 0. The van der Waals surface area contributed by atoms with Crippen molar-refractivity contribution < 1.29 is 37.3 Å². The number of rotatable bonds is 9. The molecule has 3 atom stereocenters. The second kappa shape index (κ2) is 13.2. The van der Waals surface area contributed by atoms with Crippen molar-refractivity contribution in [3.63, 3.8) is 0 Å². The van der Waals surface area contributed by atoms with E-state index in [1.807, 2.05) is 6.92 Å². The fraction of sp³-hybridized carbons (Fsp3) is 0.517. The molecule has 0 unspecified atom stereocenters. The van der Waals surface area contributed by atoms with Crippen molar-refractivity contribution >= 4 is 27.5 Å². The van der Waals surface area contributed by atoms with Crippen LogP contribution in [0.4, 0.5) is 5.69 Å². The molecule has 2 heterocycles. The van der Waals surface area contributed by atoms with E-state index < -0.39 is 22.2 Å². The van der Waals surface area contributed by atoms with E-state index in [2.05, 4.69) is 5.32 Å². The highest BCUT2D eigenvalue weighted by molar-refractivity contribution is 7.89. The molecule has 41 heavy (non-hydrogen) atoms. The van der Waals surface area contributed by atoms with Crippen LogP contribution in [-0.4, -0.2) is 93.8 Å². The summed E-state index contributed by atoms with van der Waals surface area (Å²) in [7, 11) is -0.892. The van der Waals surface area contributed by atoms with Gasteiger partial charge in [0.05, 0.1) is 42.4 Å². The Morgan fingerprint density at radius 2 is 1.88 bits per heavy atom. The molecule has 11 nitrogen and oxygen atoms in total. The Morgan fingerprint density at radius 3 is 2.51 bits per heavy atom. The summed E-state index contributed by atoms with van der Waals surface area (Å²) in [5.74, 6) is -0.366. The molecule has 1 saturated heterocycles. The number of hydrogen-bond donors (Lipinski definition) is 2. The number of carbonyl (C=O) groups excluding carboxylic acids is 2. The molecule has 2 aliphatic heterocycles. The molecule has 12 heteroatoms. The predicted octanol–water partition coefficient (Wildman–Crippen LogP) is 2.60. The van der Waals surface area contributed by atoms with Crippen LogP contribution in [0.1, 0.15) is 37.0 Å². The molecule has 1 fully saturated rings. The Morgan fingerprint density at radius 1 is 1.20 bits per heavy atom. The molecule has 224 valence electrons. The molecule has 0 aromatic heterocycles. The van der Waals surface area contributed by atoms with Crippen molar-refractivity contribution in [2.24, 2.45) is 11.8 Å². The van der Waals surface area contributed by atoms with Gasteiger partial charge in [0.15, 0.2) is 5.75 Å². The Hall–Kier alpha value is -3.19. The number of para-hydroxylation sites is 1. The number of sulfonamides is 1. The van der Waals surface area contributed by atoms with Gasteiger partial charge in [-0.25, -0.2) is 8.42 Å². The van der Waals surface area contributed by atoms with E-state index in [0.29, 0.717) is 37.5 Å². The predicted molar refractivity (Wildman–Crippen MR) is 153 cm³/mol. The first-order valence-corrected chi connectivity index (χ1v) is 15.2. The molecule has 2 amide bonds. The number of ether oxygens (including phenoxy) is 3. The number of nitrogens with one attached hydrogen (secondary N) is 1. The molecule has 4 rings (SSSR count). The van der Waals surface area contributed by atoms with Crippen molar-refractivity contribution in [2.75, 3.05) is 52.4 Å². The van der Waals surface area contributed by atoms with Crippen LogP contribution < -0.4 is 14.8 Å². The smallest absolute Gasteiger partial charge is 0.258 e. The number of fused-ring (bicyclic) bond motifs is 1. The summed E-state index contributed by atoms with van der Waals surface area (Å²) in [6.45, 7) is 4.60. The third-order valence-electron chi connectivity index (χ3n) is 7.75. The van der Waals surface area contributed by atoms with Crippen LogP contribution in [0.5, 0.6) is 11.5 Å². The largest absolute Gasteiger partial charge is 0.497 e. The summed E-state index contributed by atoms with van der Waals surface area (Å²) in [5.41, 5.74) is 0.566. The number of likely N-dealkylation sites (N-methyl/N-ethyl adjacent to an activating group) is 1. The van der Waals surface area contributed by atoms with Gasteiger partial charge < -0.3 is 29.5 Å². The third kappa shape index (κ3) is 6.83. The first kappa shape index (κ1) is 30.8. The Bertz CT molecular complexity index is 1330. The van der Waals surface area contributed by atoms with Crippen LogP contribution in [0.25, 0.3) is 0 Å². The minimum Gasteiger partial charge on any atom is -0.497 e. The minimum atomic E-state index is -3.88. The average Bonchev–Trinajstić information content (AvgIpc) is 2.99. The maximum Gasteiger partial charge on any atom is 0.258 e. The number of hydrogen-bond acceptors (Lipinski definition) is 8. The van der Waals surface area contributed by atoms with Gasteiger partial charge in [0.25, 0.3) is 5.91 Å². The quantitative estimate of drug-likeness (QED) is 0.456. The molecule has 2 N–H and O–H groups in total. The number of nitrogens with zero attached hydrogens (tertiary/aromatic N) is 2. The van der Waals surface area contributed by atoms with Gasteiger partial charge in [-0.1, -0.05) is 13.0 Å². The number of aliphatic hydroxyl groups is 1. The lowest BCUT2D eigenvalue weighted by Crippen LogP contribution is -2.50. The molecule has 2 aliphatic rings. The zero-order valence-electron chi connectivity index (χ0n) is 23.9. The maximum atomic E-state index is 13.7. The second-order valence-corrected chi connectivity index (χ2v) is 12.7. The molecule has 0 saturated carbocycles. The summed E-state index contributed by atoms with van der Waals surface area (Å²) in [5, 5.41) is 12.9. The first-order valence-electron chi connectivity index (χ1n) is 13.8. The molecule has 2 aromatic carbocycles. The zero-order valence-corrected chi connectivity index (χ0v) is 24.7. The van der Waals surface area contributed by atoms with Crippen molar-refractivity contribution in [3.8, 4) is 11.5 Å². The van der Waals surface area contributed by atoms with Gasteiger partial charge in [-0.2, -0.15) is 4.31 Å². The number of methoxy groups -OCH3 is 1. The van der Waals surface area contributed by atoms with E-state index in [9.17, 15) is 23.1 Å². The Labute approximate surface area is 241 Å². The molecule has 2 aromatic rings. The van der Waals surface area contributed by atoms with E-state index in [0.717, 1.165) is 0 Å². The van der Waals surface area contributed by atoms with Crippen LogP contribution in [0.3, 0.4) is 0 Å². The summed E-state index contributed by atoms with van der Waals surface area (Å²) in [4.78, 5) is 28.5. The van der Waals surface area contributed by atoms with E-state index in [1.54, 1.807) is 42.2 Å². The lowest BCUT2D eigenvalue weighted by Gasteiger charge is -2.38. The number of anilines is 1. The van der Waals surface area contributed by atoms with E-state index >= 15 is 0 Å². The van der Waals surface area contributed by atoms with Gasteiger partial charge >= 0.3 is 0 Å². The van der Waals surface area contributed by atoms with Gasteiger partial charge in [-0.05, 0) is 56.2 Å². The minimum absolute atomic E-state index is 0.0211. The highest BCUT2D eigenvalue weighted by Crippen LogP contribution is 2.36. The second-order valence-electron chi connectivity index (χ2n) is 10.6. The number of amides is 2. The SMILES string of the molecule is COc1ccc(S(=O)(=O)N(C)C[C@H]2Oc3c(NC(=O)C4CCOCC4)cccc3C(=O)N([C@@H](C)CO)C[C@H]2C)cc1. The fourth-order valence-corrected chi connectivity index (χ4v) is 6.22. The van der Waals surface area contributed by atoms with Gasteiger partial charge in [0.1, 0.15) is 11.9 Å². The molecule has 0 radical (unpaired) electrons. The van der Waals surface area contributed by atoms with Crippen LogP contribution in [0.2, 0.25) is 0 Å². The lowest BCUT2D eigenvalue weighted by atomic mass is 9.98. The van der Waals surface area contributed by atoms with Gasteiger partial charge in [-0.3, -0.25) is 9.59 Å². The highest BCUT2D eigenvalue weighted by Gasteiger charge is 2.36. The van der Waals surface area contributed by atoms with Crippen LogP contribution in [-0.2, 0) is 19.6 Å². The third-order valence-corrected chi connectivity index (χ3v) is 9.58.